The number of hydrogen-bond acceptors (Lipinski definition) is 3. The van der Waals surface area contributed by atoms with Crippen molar-refractivity contribution in [3.8, 4) is 5.75 Å². The molecule has 0 aromatic heterocycles. The van der Waals surface area contributed by atoms with Crippen molar-refractivity contribution in [1.82, 2.24) is 9.80 Å². The Labute approximate surface area is 159 Å². The van der Waals surface area contributed by atoms with E-state index in [9.17, 15) is 9.59 Å². The summed E-state index contributed by atoms with van der Waals surface area (Å²) in [5.74, 6) is 0.633. The molecular weight excluding hydrogens is 342 g/mol. The quantitative estimate of drug-likeness (QED) is 0.903. The summed E-state index contributed by atoms with van der Waals surface area (Å²) < 4.78 is 5.59. The van der Waals surface area contributed by atoms with Crippen molar-refractivity contribution in [2.24, 2.45) is 0 Å². The van der Waals surface area contributed by atoms with Crippen LogP contribution in [0.25, 0.3) is 0 Å². The fraction of sp³-hybridized carbons (Fsp3) is 0.333. The van der Waals surface area contributed by atoms with Crippen molar-refractivity contribution in [3.05, 3.63) is 60.2 Å². The maximum atomic E-state index is 12.4. The smallest absolute Gasteiger partial charge is 0.321 e. The minimum Gasteiger partial charge on any atom is -0.484 e. The van der Waals surface area contributed by atoms with Gasteiger partial charge in [-0.3, -0.25) is 4.79 Å². The second-order valence-electron chi connectivity index (χ2n) is 6.62. The minimum atomic E-state index is -0.133. The molecule has 0 radical (unpaired) electrons. The molecule has 2 aromatic carbocycles. The molecule has 1 heterocycles. The van der Waals surface area contributed by atoms with Crippen molar-refractivity contribution in [2.45, 2.75) is 13.3 Å². The van der Waals surface area contributed by atoms with Gasteiger partial charge in [0, 0.05) is 31.9 Å². The fourth-order valence-electron chi connectivity index (χ4n) is 2.96. The molecule has 3 rings (SSSR count). The largest absolute Gasteiger partial charge is 0.484 e. The number of carbonyl (C=O) groups excluding carboxylic acids is 2. The molecule has 6 heteroatoms. The summed E-state index contributed by atoms with van der Waals surface area (Å²) in [6, 6.07) is 16.9. The highest BCUT2D eigenvalue weighted by molar-refractivity contribution is 5.89. The Balaban J connectivity index is 1.47. The minimum absolute atomic E-state index is 0.0132. The summed E-state index contributed by atoms with van der Waals surface area (Å²) in [7, 11) is 0. The van der Waals surface area contributed by atoms with Crippen LogP contribution in [0.5, 0.6) is 5.75 Å². The van der Waals surface area contributed by atoms with Gasteiger partial charge in [-0.05, 0) is 37.6 Å². The second-order valence-corrected chi connectivity index (χ2v) is 6.62. The Morgan fingerprint density at radius 2 is 1.59 bits per heavy atom. The number of anilines is 1. The third kappa shape index (κ3) is 5.48. The Kier molecular flexibility index (Phi) is 6.30. The van der Waals surface area contributed by atoms with Crippen molar-refractivity contribution >= 4 is 17.6 Å². The van der Waals surface area contributed by atoms with E-state index in [4.69, 9.17) is 4.74 Å². The van der Waals surface area contributed by atoms with Crippen molar-refractivity contribution < 1.29 is 14.3 Å². The molecule has 0 atom stereocenters. The maximum absolute atomic E-state index is 12.4. The Hall–Kier alpha value is -3.02. The molecule has 6 nitrogen and oxygen atoms in total. The van der Waals surface area contributed by atoms with Crippen LogP contribution in [0.4, 0.5) is 10.5 Å². The first-order valence-electron chi connectivity index (χ1n) is 9.20. The van der Waals surface area contributed by atoms with E-state index in [0.29, 0.717) is 31.9 Å². The van der Waals surface area contributed by atoms with Gasteiger partial charge in [-0.25, -0.2) is 4.79 Å². The summed E-state index contributed by atoms with van der Waals surface area (Å²) in [5.41, 5.74) is 1.92. The number of aryl methyl sites for hydroxylation is 1. The van der Waals surface area contributed by atoms with Crippen LogP contribution in [-0.2, 0) is 4.79 Å². The molecule has 2 aromatic rings. The zero-order chi connectivity index (χ0) is 19.1. The first-order chi connectivity index (χ1) is 13.1. The molecule has 0 bridgehead atoms. The summed E-state index contributed by atoms with van der Waals surface area (Å²) in [6.45, 7) is 4.30. The van der Waals surface area contributed by atoms with Crippen molar-refractivity contribution in [3.63, 3.8) is 0 Å². The standard InChI is InChI=1S/C21H25N3O3/c1-17-8-10-19(11-9-17)27-16-20(25)23-12-5-13-24(15-14-23)21(26)22-18-6-3-2-4-7-18/h2-4,6-11H,5,12-16H2,1H3,(H,22,26). The maximum Gasteiger partial charge on any atom is 0.321 e. The molecule has 1 N–H and O–H groups in total. The van der Waals surface area contributed by atoms with E-state index in [2.05, 4.69) is 5.32 Å². The highest BCUT2D eigenvalue weighted by atomic mass is 16.5. The second kappa shape index (κ2) is 9.07. The van der Waals surface area contributed by atoms with Crippen LogP contribution in [0, 0.1) is 6.92 Å². The lowest BCUT2D eigenvalue weighted by molar-refractivity contribution is -0.133. The molecule has 142 valence electrons. The average Bonchev–Trinajstić information content (AvgIpc) is 2.94. The van der Waals surface area contributed by atoms with Crippen LogP contribution in [0.3, 0.4) is 0 Å². The van der Waals surface area contributed by atoms with Crippen molar-refractivity contribution in [1.29, 1.82) is 0 Å². The number of carbonyl (C=O) groups is 2. The Morgan fingerprint density at radius 1 is 0.926 bits per heavy atom. The molecule has 1 aliphatic heterocycles. The lowest BCUT2D eigenvalue weighted by atomic mass is 10.2. The number of nitrogens with one attached hydrogen (secondary N) is 1. The number of amides is 3. The topological polar surface area (TPSA) is 61.9 Å². The van der Waals surface area contributed by atoms with E-state index in [1.165, 1.54) is 0 Å². The molecule has 0 saturated carbocycles. The van der Waals surface area contributed by atoms with Gasteiger partial charge < -0.3 is 19.9 Å². The van der Waals surface area contributed by atoms with Crippen LogP contribution < -0.4 is 10.1 Å². The lowest BCUT2D eigenvalue weighted by Gasteiger charge is -2.22. The van der Waals surface area contributed by atoms with Gasteiger partial charge in [-0.2, -0.15) is 0 Å². The lowest BCUT2D eigenvalue weighted by Crippen LogP contribution is -2.40. The van der Waals surface area contributed by atoms with Gasteiger partial charge in [0.25, 0.3) is 5.91 Å². The van der Waals surface area contributed by atoms with Crippen LogP contribution >= 0.6 is 0 Å². The molecule has 0 unspecified atom stereocenters. The summed E-state index contributed by atoms with van der Waals surface area (Å²) in [4.78, 5) is 28.4. The third-order valence-electron chi connectivity index (χ3n) is 4.54. The van der Waals surface area contributed by atoms with E-state index in [0.717, 1.165) is 17.7 Å². The SMILES string of the molecule is Cc1ccc(OCC(=O)N2CCCN(C(=O)Nc3ccccc3)CC2)cc1. The van der Waals surface area contributed by atoms with E-state index >= 15 is 0 Å². The molecule has 1 saturated heterocycles. The zero-order valence-corrected chi connectivity index (χ0v) is 15.6. The number of nitrogens with zero attached hydrogens (tertiary/aromatic N) is 2. The van der Waals surface area contributed by atoms with Gasteiger partial charge >= 0.3 is 6.03 Å². The van der Waals surface area contributed by atoms with E-state index in [1.54, 1.807) is 9.80 Å². The van der Waals surface area contributed by atoms with Gasteiger partial charge in [-0.1, -0.05) is 35.9 Å². The van der Waals surface area contributed by atoms with Crippen molar-refractivity contribution in [2.75, 3.05) is 38.1 Å². The number of rotatable bonds is 4. The number of para-hydroxylation sites is 1. The van der Waals surface area contributed by atoms with Crippen LogP contribution in [-0.4, -0.2) is 54.5 Å². The first-order valence-corrected chi connectivity index (χ1v) is 9.20. The molecule has 3 amide bonds. The van der Waals surface area contributed by atoms with Crippen LogP contribution in [0.1, 0.15) is 12.0 Å². The van der Waals surface area contributed by atoms with Gasteiger partial charge in [0.1, 0.15) is 5.75 Å². The van der Waals surface area contributed by atoms with E-state index < -0.39 is 0 Å². The number of hydrogen-bond donors (Lipinski definition) is 1. The number of urea groups is 1. The summed E-state index contributed by atoms with van der Waals surface area (Å²) in [6.07, 6.45) is 0.748. The normalized spacial score (nSPS) is 14.4. The Bertz CT molecular complexity index is 762. The predicted octanol–water partition coefficient (Wildman–Crippen LogP) is 3.14. The van der Waals surface area contributed by atoms with Crippen LogP contribution in [0.15, 0.2) is 54.6 Å². The van der Waals surface area contributed by atoms with E-state index in [1.807, 2.05) is 61.5 Å². The molecule has 0 aliphatic carbocycles. The summed E-state index contributed by atoms with van der Waals surface area (Å²) in [5, 5.41) is 2.89. The van der Waals surface area contributed by atoms with Gasteiger partial charge in [-0.15, -0.1) is 0 Å². The highest BCUT2D eigenvalue weighted by Crippen LogP contribution is 2.13. The number of benzene rings is 2. The van der Waals surface area contributed by atoms with Gasteiger partial charge in [0.05, 0.1) is 0 Å². The van der Waals surface area contributed by atoms with E-state index in [-0.39, 0.29) is 18.5 Å². The van der Waals surface area contributed by atoms with Gasteiger partial charge in [0.15, 0.2) is 6.61 Å². The monoisotopic (exact) mass is 367 g/mol. The molecule has 27 heavy (non-hydrogen) atoms. The zero-order valence-electron chi connectivity index (χ0n) is 15.6. The van der Waals surface area contributed by atoms with Crippen LogP contribution in [0.2, 0.25) is 0 Å². The third-order valence-corrected chi connectivity index (χ3v) is 4.54. The average molecular weight is 367 g/mol. The van der Waals surface area contributed by atoms with Gasteiger partial charge in [0.2, 0.25) is 0 Å². The highest BCUT2D eigenvalue weighted by Gasteiger charge is 2.22. The predicted molar refractivity (Wildman–Crippen MR) is 105 cm³/mol. The Morgan fingerprint density at radius 3 is 2.33 bits per heavy atom. The summed E-state index contributed by atoms with van der Waals surface area (Å²) >= 11 is 0. The molecule has 1 aliphatic rings. The molecule has 1 fully saturated rings. The molecular formula is C21H25N3O3. The molecule has 0 spiro atoms. The fourth-order valence-corrected chi connectivity index (χ4v) is 2.96. The first kappa shape index (κ1) is 18.8. The number of ether oxygens (including phenoxy) is 1.